The van der Waals surface area contributed by atoms with Gasteiger partial charge in [-0.25, -0.2) is 9.50 Å². The lowest BCUT2D eigenvalue weighted by molar-refractivity contribution is -0.0494. The molecule has 0 saturated carbocycles. The minimum atomic E-state index is -3.03. The number of aliphatic hydroxyl groups is 1. The summed E-state index contributed by atoms with van der Waals surface area (Å²) in [6.45, 7) is -1.51. The van der Waals surface area contributed by atoms with Gasteiger partial charge in [-0.05, 0) is 37.2 Å². The second-order valence-corrected chi connectivity index (χ2v) is 8.21. The standard InChI is InChI=1S/C21H21ClF2N8O2/c22-11-2-3-15(34-21(23)24)13(8-11)17-14(10-32(29-17)12-4-6-26-9-12)28-20(33)16-18(25)30-31-7-1-5-27-19(16)31/h1-3,5,7-8,10,12,20-21,26,28,33H,4,6,9H2,(H2,25,30)/t12-,20?/m0/s1. The second kappa shape index (κ2) is 9.05. The molecule has 0 radical (unpaired) electrons. The smallest absolute Gasteiger partial charge is 0.387 e. The first-order valence-electron chi connectivity index (χ1n) is 10.5. The van der Waals surface area contributed by atoms with Crippen LogP contribution in [-0.2, 0) is 0 Å². The highest BCUT2D eigenvalue weighted by Crippen LogP contribution is 2.39. The fourth-order valence-corrected chi connectivity index (χ4v) is 4.21. The lowest BCUT2D eigenvalue weighted by atomic mass is 10.1. The van der Waals surface area contributed by atoms with Crippen molar-refractivity contribution in [2.45, 2.75) is 25.3 Å². The molecule has 2 atom stereocenters. The van der Waals surface area contributed by atoms with Crippen molar-refractivity contribution in [3.8, 4) is 17.0 Å². The van der Waals surface area contributed by atoms with Crippen LogP contribution in [0.25, 0.3) is 16.9 Å². The number of aromatic nitrogens is 5. The van der Waals surface area contributed by atoms with Gasteiger partial charge in [-0.3, -0.25) is 4.68 Å². The molecular weight excluding hydrogens is 470 g/mol. The maximum atomic E-state index is 13.1. The van der Waals surface area contributed by atoms with Gasteiger partial charge in [0.25, 0.3) is 0 Å². The average molecular weight is 491 g/mol. The van der Waals surface area contributed by atoms with Crippen LogP contribution >= 0.6 is 11.6 Å². The first-order chi connectivity index (χ1) is 16.4. The Morgan fingerprint density at radius 2 is 2.18 bits per heavy atom. The lowest BCUT2D eigenvalue weighted by Crippen LogP contribution is -2.14. The van der Waals surface area contributed by atoms with Crippen molar-refractivity contribution in [3.05, 3.63) is 53.4 Å². The van der Waals surface area contributed by atoms with Crippen LogP contribution in [0.1, 0.15) is 24.3 Å². The van der Waals surface area contributed by atoms with E-state index in [0.29, 0.717) is 22.9 Å². The van der Waals surface area contributed by atoms with Crippen LogP contribution in [0.4, 0.5) is 20.3 Å². The minimum Gasteiger partial charge on any atom is -0.434 e. The summed E-state index contributed by atoms with van der Waals surface area (Å²) < 4.78 is 34.1. The first-order valence-corrected chi connectivity index (χ1v) is 10.9. The molecule has 4 heterocycles. The summed E-state index contributed by atoms with van der Waals surface area (Å²) in [7, 11) is 0. The van der Waals surface area contributed by atoms with Crippen molar-refractivity contribution in [3.63, 3.8) is 0 Å². The number of aliphatic hydroxyl groups excluding tert-OH is 1. The molecule has 4 aromatic rings. The molecule has 178 valence electrons. The van der Waals surface area contributed by atoms with E-state index in [1.807, 2.05) is 0 Å². The van der Waals surface area contributed by atoms with Crippen molar-refractivity contribution in [1.82, 2.24) is 29.7 Å². The Bertz CT molecular complexity index is 1320. The Labute approximate surface area is 197 Å². The molecule has 3 aromatic heterocycles. The molecule has 5 rings (SSSR count). The molecule has 1 fully saturated rings. The molecule has 1 aliphatic heterocycles. The first kappa shape index (κ1) is 22.3. The number of nitrogens with zero attached hydrogens (tertiary/aromatic N) is 5. The zero-order valence-electron chi connectivity index (χ0n) is 17.7. The van der Waals surface area contributed by atoms with E-state index in [1.165, 1.54) is 22.7 Å². The SMILES string of the molecule is Nc1nn2cccnc2c1C(O)Nc1cn([C@H]2CCNC2)nc1-c1cc(Cl)ccc1OC(F)F. The highest BCUT2D eigenvalue weighted by atomic mass is 35.5. The van der Waals surface area contributed by atoms with E-state index in [-0.39, 0.29) is 34.4 Å². The molecule has 1 saturated heterocycles. The molecule has 0 spiro atoms. The predicted octanol–water partition coefficient (Wildman–Crippen LogP) is 3.07. The van der Waals surface area contributed by atoms with E-state index >= 15 is 0 Å². The maximum Gasteiger partial charge on any atom is 0.387 e. The van der Waals surface area contributed by atoms with E-state index in [4.69, 9.17) is 22.1 Å². The number of benzene rings is 1. The molecule has 5 N–H and O–H groups in total. The van der Waals surface area contributed by atoms with Gasteiger partial charge in [0.1, 0.15) is 11.4 Å². The quantitative estimate of drug-likeness (QED) is 0.291. The Morgan fingerprint density at radius 1 is 1.32 bits per heavy atom. The molecule has 0 aliphatic carbocycles. The Hall–Kier alpha value is -3.48. The third kappa shape index (κ3) is 4.22. The fraction of sp³-hybridized carbons (Fsp3) is 0.286. The van der Waals surface area contributed by atoms with Gasteiger partial charge in [-0.15, -0.1) is 5.10 Å². The Balaban J connectivity index is 1.58. The van der Waals surface area contributed by atoms with Gasteiger partial charge in [0.2, 0.25) is 0 Å². The number of hydrogen-bond acceptors (Lipinski definition) is 8. The number of nitrogens with two attached hydrogens (primary N) is 1. The molecule has 10 nitrogen and oxygen atoms in total. The fourth-order valence-electron chi connectivity index (χ4n) is 4.04. The van der Waals surface area contributed by atoms with E-state index in [1.54, 1.807) is 29.3 Å². The summed E-state index contributed by atoms with van der Waals surface area (Å²) >= 11 is 6.17. The second-order valence-electron chi connectivity index (χ2n) is 7.77. The van der Waals surface area contributed by atoms with Crippen molar-refractivity contribution in [1.29, 1.82) is 0 Å². The Morgan fingerprint density at radius 3 is 2.94 bits per heavy atom. The van der Waals surface area contributed by atoms with E-state index in [0.717, 1.165) is 13.0 Å². The summed E-state index contributed by atoms with van der Waals surface area (Å²) in [5.41, 5.74) is 7.59. The molecule has 1 aromatic carbocycles. The van der Waals surface area contributed by atoms with Crippen molar-refractivity contribution >= 4 is 28.8 Å². The van der Waals surface area contributed by atoms with Crippen LogP contribution in [0, 0.1) is 0 Å². The molecule has 0 amide bonds. The van der Waals surface area contributed by atoms with Crippen molar-refractivity contribution < 1.29 is 18.6 Å². The highest BCUT2D eigenvalue weighted by Gasteiger charge is 2.26. The zero-order chi connectivity index (χ0) is 23.8. The summed E-state index contributed by atoms with van der Waals surface area (Å²) in [6, 6.07) is 6.03. The van der Waals surface area contributed by atoms with Crippen LogP contribution in [0.15, 0.2) is 42.9 Å². The number of anilines is 2. The molecular formula is C21H21ClF2N8O2. The topological polar surface area (TPSA) is 128 Å². The van der Waals surface area contributed by atoms with Gasteiger partial charge in [0.05, 0.1) is 17.3 Å². The lowest BCUT2D eigenvalue weighted by Gasteiger charge is -2.15. The predicted molar refractivity (Wildman–Crippen MR) is 122 cm³/mol. The summed E-state index contributed by atoms with van der Waals surface area (Å²) in [4.78, 5) is 4.24. The number of alkyl halides is 2. The highest BCUT2D eigenvalue weighted by molar-refractivity contribution is 6.31. The summed E-state index contributed by atoms with van der Waals surface area (Å²) in [5.74, 6) is 0.000938. The molecule has 1 aliphatic rings. The number of fused-ring (bicyclic) bond motifs is 1. The number of halogens is 3. The van der Waals surface area contributed by atoms with Gasteiger partial charge >= 0.3 is 6.61 Å². The van der Waals surface area contributed by atoms with Crippen LogP contribution in [0.2, 0.25) is 5.02 Å². The zero-order valence-corrected chi connectivity index (χ0v) is 18.5. The van der Waals surface area contributed by atoms with E-state index in [2.05, 4.69) is 25.8 Å². The van der Waals surface area contributed by atoms with Gasteiger partial charge in [0, 0.05) is 35.7 Å². The maximum absolute atomic E-state index is 13.1. The molecule has 1 unspecified atom stereocenters. The van der Waals surface area contributed by atoms with Crippen molar-refractivity contribution in [2.24, 2.45) is 0 Å². The third-order valence-corrected chi connectivity index (χ3v) is 5.81. The number of nitrogens with one attached hydrogen (secondary N) is 2. The molecule has 13 heteroatoms. The number of hydrogen-bond donors (Lipinski definition) is 4. The average Bonchev–Trinajstić information content (AvgIpc) is 3.52. The van der Waals surface area contributed by atoms with Gasteiger partial charge in [-0.2, -0.15) is 13.9 Å². The van der Waals surface area contributed by atoms with Gasteiger partial charge in [0.15, 0.2) is 17.7 Å². The molecule has 0 bridgehead atoms. The number of rotatable bonds is 7. The van der Waals surface area contributed by atoms with E-state index < -0.39 is 12.8 Å². The number of nitrogen functional groups attached to an aromatic ring is 1. The monoisotopic (exact) mass is 490 g/mol. The normalized spacial score (nSPS) is 16.9. The Kier molecular flexibility index (Phi) is 5.94. The largest absolute Gasteiger partial charge is 0.434 e. The summed E-state index contributed by atoms with van der Waals surface area (Å²) in [6.07, 6.45) is 4.45. The van der Waals surface area contributed by atoms with Gasteiger partial charge < -0.3 is 26.2 Å². The summed E-state index contributed by atoms with van der Waals surface area (Å²) in [5, 5.41) is 26.4. The number of ether oxygens (including phenoxy) is 1. The van der Waals surface area contributed by atoms with Crippen LogP contribution in [0.5, 0.6) is 5.75 Å². The minimum absolute atomic E-state index is 0.0498. The third-order valence-electron chi connectivity index (χ3n) is 5.58. The van der Waals surface area contributed by atoms with Crippen LogP contribution < -0.4 is 21.1 Å². The van der Waals surface area contributed by atoms with E-state index in [9.17, 15) is 13.9 Å². The van der Waals surface area contributed by atoms with Crippen LogP contribution in [-0.4, -0.2) is 49.2 Å². The van der Waals surface area contributed by atoms with Gasteiger partial charge in [-0.1, -0.05) is 11.6 Å². The van der Waals surface area contributed by atoms with Crippen molar-refractivity contribution in [2.75, 3.05) is 24.1 Å². The van der Waals surface area contributed by atoms with Crippen LogP contribution in [0.3, 0.4) is 0 Å². The molecule has 34 heavy (non-hydrogen) atoms.